The van der Waals surface area contributed by atoms with Gasteiger partial charge in [0.1, 0.15) is 5.03 Å². The Morgan fingerprint density at radius 1 is 1.19 bits per heavy atom. The number of nitrogens with zero attached hydrogens (tertiary/aromatic N) is 3. The number of piperidine rings is 1. The van der Waals surface area contributed by atoms with E-state index in [1.807, 2.05) is 34.1 Å². The fourth-order valence-corrected chi connectivity index (χ4v) is 4.73. The van der Waals surface area contributed by atoms with Gasteiger partial charge in [0.05, 0.1) is 11.3 Å². The second-order valence-corrected chi connectivity index (χ2v) is 7.98. The maximum absolute atomic E-state index is 13.1. The smallest absolute Gasteiger partial charge is 0.261 e. The monoisotopic (exact) mass is 381 g/mol. The number of rotatable bonds is 3. The maximum Gasteiger partial charge on any atom is 0.261 e. The third-order valence-corrected chi connectivity index (χ3v) is 6.11. The fraction of sp³-hybridized carbons (Fsp3) is 0.381. The number of carbonyl (C=O) groups excluding carboxylic acids is 2. The Balaban J connectivity index is 1.74. The molecule has 0 unspecified atom stereocenters. The van der Waals surface area contributed by atoms with E-state index in [0.29, 0.717) is 22.7 Å². The standard InChI is InChI=1S/C21H23N3O2S/c1-2-11-24-17-9-8-15(20(25)23-12-4-3-5-13-23)14-18(17)27-19-16(21(24)26)7-6-10-22-19/h6-10,14H,2-5,11-13H2,1H3. The van der Waals surface area contributed by atoms with E-state index >= 15 is 0 Å². The largest absolute Gasteiger partial charge is 0.339 e. The van der Waals surface area contributed by atoms with Crippen molar-refractivity contribution in [2.24, 2.45) is 0 Å². The molecule has 2 aliphatic heterocycles. The molecule has 1 saturated heterocycles. The van der Waals surface area contributed by atoms with Crippen LogP contribution in [0.25, 0.3) is 0 Å². The molecule has 0 bridgehead atoms. The van der Waals surface area contributed by atoms with Crippen molar-refractivity contribution in [2.45, 2.75) is 42.5 Å². The average molecular weight is 382 g/mol. The Morgan fingerprint density at radius 2 is 2.00 bits per heavy atom. The van der Waals surface area contributed by atoms with Gasteiger partial charge in [-0.2, -0.15) is 0 Å². The SMILES string of the molecule is CCCN1C(=O)c2cccnc2Sc2cc(C(=O)N3CCCCC3)ccc21. The summed E-state index contributed by atoms with van der Waals surface area (Å²) in [5.74, 6) is 0.0540. The molecule has 4 rings (SSSR count). The van der Waals surface area contributed by atoms with Gasteiger partial charge < -0.3 is 9.80 Å². The van der Waals surface area contributed by atoms with Gasteiger partial charge in [0.2, 0.25) is 0 Å². The summed E-state index contributed by atoms with van der Waals surface area (Å²) in [6.07, 6.45) is 5.90. The summed E-state index contributed by atoms with van der Waals surface area (Å²) in [6.45, 7) is 4.35. The van der Waals surface area contributed by atoms with Crippen LogP contribution in [0.2, 0.25) is 0 Å². The highest BCUT2D eigenvalue weighted by molar-refractivity contribution is 7.99. The maximum atomic E-state index is 13.1. The first-order valence-corrected chi connectivity index (χ1v) is 10.4. The highest BCUT2D eigenvalue weighted by Gasteiger charge is 2.28. The summed E-state index contributed by atoms with van der Waals surface area (Å²) in [5.41, 5.74) is 2.17. The van der Waals surface area contributed by atoms with E-state index in [1.165, 1.54) is 18.2 Å². The molecular weight excluding hydrogens is 358 g/mol. The molecule has 0 saturated carbocycles. The van der Waals surface area contributed by atoms with Crippen molar-refractivity contribution in [3.8, 4) is 0 Å². The minimum absolute atomic E-state index is 0.0266. The van der Waals surface area contributed by atoms with Gasteiger partial charge in [-0.25, -0.2) is 4.98 Å². The number of pyridine rings is 1. The summed E-state index contributed by atoms with van der Waals surface area (Å²) in [4.78, 5) is 35.0. The first-order chi connectivity index (χ1) is 13.2. The van der Waals surface area contributed by atoms with E-state index in [4.69, 9.17) is 0 Å². The number of carbonyl (C=O) groups is 2. The second kappa shape index (κ2) is 7.72. The zero-order valence-electron chi connectivity index (χ0n) is 15.5. The molecule has 1 aromatic heterocycles. The minimum Gasteiger partial charge on any atom is -0.339 e. The Bertz CT molecular complexity index is 877. The molecule has 0 aliphatic carbocycles. The molecule has 0 spiro atoms. The van der Waals surface area contributed by atoms with Crippen LogP contribution in [0.5, 0.6) is 0 Å². The lowest BCUT2D eigenvalue weighted by atomic mass is 10.1. The molecule has 1 fully saturated rings. The number of amides is 2. The molecule has 2 aromatic rings. The lowest BCUT2D eigenvalue weighted by Gasteiger charge is -2.27. The number of fused-ring (bicyclic) bond motifs is 2. The van der Waals surface area contributed by atoms with Crippen LogP contribution in [0, 0.1) is 0 Å². The summed E-state index contributed by atoms with van der Waals surface area (Å²) < 4.78 is 0. The number of anilines is 1. The molecule has 140 valence electrons. The molecule has 5 nitrogen and oxygen atoms in total. The van der Waals surface area contributed by atoms with Crippen LogP contribution in [0.15, 0.2) is 46.5 Å². The Kier molecular flexibility index (Phi) is 5.16. The molecule has 0 radical (unpaired) electrons. The van der Waals surface area contributed by atoms with Crippen LogP contribution in [0.4, 0.5) is 5.69 Å². The molecule has 1 aromatic carbocycles. The van der Waals surface area contributed by atoms with Crippen molar-refractivity contribution in [2.75, 3.05) is 24.5 Å². The lowest BCUT2D eigenvalue weighted by molar-refractivity contribution is 0.0724. The first kappa shape index (κ1) is 18.0. The molecule has 0 atom stereocenters. The molecule has 2 aliphatic rings. The van der Waals surface area contributed by atoms with Crippen molar-refractivity contribution in [1.29, 1.82) is 0 Å². The molecule has 27 heavy (non-hydrogen) atoms. The van der Waals surface area contributed by atoms with Gasteiger partial charge >= 0.3 is 0 Å². The third kappa shape index (κ3) is 3.46. The van der Waals surface area contributed by atoms with Gasteiger partial charge in [-0.05, 0) is 56.0 Å². The summed E-state index contributed by atoms with van der Waals surface area (Å²) >= 11 is 1.47. The molecule has 3 heterocycles. The van der Waals surface area contributed by atoms with Gasteiger partial charge in [-0.15, -0.1) is 0 Å². The summed E-state index contributed by atoms with van der Waals surface area (Å²) in [7, 11) is 0. The van der Waals surface area contributed by atoms with Gasteiger partial charge in [-0.3, -0.25) is 9.59 Å². The molecule has 6 heteroatoms. The van der Waals surface area contributed by atoms with E-state index in [1.54, 1.807) is 12.3 Å². The van der Waals surface area contributed by atoms with Gasteiger partial charge in [0.15, 0.2) is 0 Å². The summed E-state index contributed by atoms with van der Waals surface area (Å²) in [5, 5.41) is 0.699. The van der Waals surface area contributed by atoms with Crippen LogP contribution >= 0.6 is 11.8 Å². The van der Waals surface area contributed by atoms with Gasteiger partial charge in [-0.1, -0.05) is 18.7 Å². The van der Waals surface area contributed by atoms with Crippen LogP contribution in [0.1, 0.15) is 53.3 Å². The number of hydrogen-bond donors (Lipinski definition) is 0. The average Bonchev–Trinajstić information content (AvgIpc) is 2.83. The van der Waals surface area contributed by atoms with Gasteiger partial charge in [0, 0.05) is 36.3 Å². The first-order valence-electron chi connectivity index (χ1n) is 9.57. The van der Waals surface area contributed by atoms with Crippen LogP contribution in [0.3, 0.4) is 0 Å². The Morgan fingerprint density at radius 3 is 2.78 bits per heavy atom. The molecular formula is C21H23N3O2S. The van der Waals surface area contributed by atoms with E-state index < -0.39 is 0 Å². The highest BCUT2D eigenvalue weighted by atomic mass is 32.2. The van der Waals surface area contributed by atoms with Crippen molar-refractivity contribution in [1.82, 2.24) is 9.88 Å². The van der Waals surface area contributed by atoms with Crippen LogP contribution in [-0.4, -0.2) is 41.3 Å². The van der Waals surface area contributed by atoms with Crippen molar-refractivity contribution in [3.05, 3.63) is 47.7 Å². The lowest BCUT2D eigenvalue weighted by Crippen LogP contribution is -2.35. The third-order valence-electron chi connectivity index (χ3n) is 5.04. The fourth-order valence-electron chi connectivity index (χ4n) is 3.67. The number of benzene rings is 1. The predicted octanol–water partition coefficient (Wildman–Crippen LogP) is 4.23. The predicted molar refractivity (Wildman–Crippen MR) is 107 cm³/mol. The van der Waals surface area contributed by atoms with Crippen molar-refractivity contribution < 1.29 is 9.59 Å². The zero-order chi connectivity index (χ0) is 18.8. The molecule has 2 amide bonds. The zero-order valence-corrected chi connectivity index (χ0v) is 16.3. The Labute approximate surface area is 163 Å². The topological polar surface area (TPSA) is 53.5 Å². The van der Waals surface area contributed by atoms with Crippen molar-refractivity contribution >= 4 is 29.3 Å². The van der Waals surface area contributed by atoms with E-state index in [9.17, 15) is 9.59 Å². The summed E-state index contributed by atoms with van der Waals surface area (Å²) in [6, 6.07) is 9.32. The number of aromatic nitrogens is 1. The molecule has 0 N–H and O–H groups in total. The minimum atomic E-state index is -0.0266. The normalized spacial score (nSPS) is 16.6. The van der Waals surface area contributed by atoms with Gasteiger partial charge in [0.25, 0.3) is 11.8 Å². The second-order valence-electron chi connectivity index (χ2n) is 6.95. The Hall–Kier alpha value is -2.34. The number of likely N-dealkylation sites (tertiary alicyclic amines) is 1. The quantitative estimate of drug-likeness (QED) is 0.798. The van der Waals surface area contributed by atoms with Crippen molar-refractivity contribution in [3.63, 3.8) is 0 Å². The van der Waals surface area contributed by atoms with Crippen LogP contribution < -0.4 is 4.90 Å². The van der Waals surface area contributed by atoms with E-state index in [2.05, 4.69) is 11.9 Å². The van der Waals surface area contributed by atoms with E-state index in [0.717, 1.165) is 42.9 Å². The van der Waals surface area contributed by atoms with Crippen LogP contribution in [-0.2, 0) is 0 Å². The highest BCUT2D eigenvalue weighted by Crippen LogP contribution is 2.41. The van der Waals surface area contributed by atoms with E-state index in [-0.39, 0.29) is 11.8 Å². The number of hydrogen-bond acceptors (Lipinski definition) is 4.